The quantitative estimate of drug-likeness (QED) is 0.921. The zero-order valence-electron chi connectivity index (χ0n) is 14.5. The molecule has 5 rings (SSSR count). The number of carbonyl (C=O) groups is 2. The summed E-state index contributed by atoms with van der Waals surface area (Å²) < 4.78 is 0. The van der Waals surface area contributed by atoms with Gasteiger partial charge >= 0.3 is 0 Å². The number of hydrogen-bond donors (Lipinski definition) is 1. The summed E-state index contributed by atoms with van der Waals surface area (Å²) in [5.41, 5.74) is 1.67. The Morgan fingerprint density at radius 1 is 0.958 bits per heavy atom. The molecule has 4 heteroatoms. The molecule has 2 amide bonds. The van der Waals surface area contributed by atoms with Gasteiger partial charge in [0.05, 0.1) is 0 Å². The molecule has 4 aliphatic rings. The van der Waals surface area contributed by atoms with E-state index in [2.05, 4.69) is 5.32 Å². The third kappa shape index (κ3) is 2.72. The number of nitrogens with zero attached hydrogens (tertiary/aromatic N) is 1. The van der Waals surface area contributed by atoms with Crippen molar-refractivity contribution in [3.05, 3.63) is 24.3 Å². The molecule has 1 aromatic rings. The molecule has 4 nitrogen and oxygen atoms in total. The van der Waals surface area contributed by atoms with Crippen LogP contribution < -0.4 is 10.2 Å². The summed E-state index contributed by atoms with van der Waals surface area (Å²) >= 11 is 0. The summed E-state index contributed by atoms with van der Waals surface area (Å²) in [6.45, 7) is 1.54. The third-order valence-corrected chi connectivity index (χ3v) is 6.52. The lowest BCUT2D eigenvalue weighted by molar-refractivity contribution is -0.132. The summed E-state index contributed by atoms with van der Waals surface area (Å²) in [6, 6.07) is 7.55. The SMILES string of the molecule is CC(=O)N(C)c1ccc(NC(=O)C2C3CC4CC(C3)CC2C4)cc1. The maximum Gasteiger partial charge on any atom is 0.228 e. The van der Waals surface area contributed by atoms with Crippen molar-refractivity contribution in [2.75, 3.05) is 17.3 Å². The van der Waals surface area contributed by atoms with Crippen molar-refractivity contribution < 1.29 is 9.59 Å². The van der Waals surface area contributed by atoms with E-state index in [0.717, 1.165) is 23.2 Å². The van der Waals surface area contributed by atoms with E-state index in [4.69, 9.17) is 0 Å². The molecule has 0 atom stereocenters. The van der Waals surface area contributed by atoms with Gasteiger partial charge in [0.15, 0.2) is 0 Å². The van der Waals surface area contributed by atoms with Crippen LogP contribution >= 0.6 is 0 Å². The number of anilines is 2. The Bertz CT molecular complexity index is 624. The van der Waals surface area contributed by atoms with Crippen LogP contribution in [-0.4, -0.2) is 18.9 Å². The highest BCUT2D eigenvalue weighted by molar-refractivity contribution is 5.94. The molecule has 1 N–H and O–H groups in total. The van der Waals surface area contributed by atoms with Gasteiger partial charge in [0.2, 0.25) is 11.8 Å². The van der Waals surface area contributed by atoms with Crippen molar-refractivity contribution in [2.45, 2.75) is 39.0 Å². The predicted molar refractivity (Wildman–Crippen MR) is 94.7 cm³/mol. The summed E-state index contributed by atoms with van der Waals surface area (Å²) in [5, 5.41) is 3.12. The van der Waals surface area contributed by atoms with E-state index in [1.54, 1.807) is 18.9 Å². The molecule has 0 saturated heterocycles. The Kier molecular flexibility index (Phi) is 3.86. The molecule has 1 aromatic carbocycles. The van der Waals surface area contributed by atoms with Gasteiger partial charge in [-0.3, -0.25) is 9.59 Å². The highest BCUT2D eigenvalue weighted by Gasteiger charge is 2.50. The molecule has 0 radical (unpaired) electrons. The number of rotatable bonds is 3. The molecule has 24 heavy (non-hydrogen) atoms. The van der Waals surface area contributed by atoms with Crippen LogP contribution in [0.3, 0.4) is 0 Å². The number of hydrogen-bond acceptors (Lipinski definition) is 2. The van der Waals surface area contributed by atoms with E-state index in [9.17, 15) is 9.59 Å². The van der Waals surface area contributed by atoms with Gasteiger partial charge < -0.3 is 10.2 Å². The average Bonchev–Trinajstić information content (AvgIpc) is 2.53. The van der Waals surface area contributed by atoms with Crippen LogP contribution in [-0.2, 0) is 9.59 Å². The summed E-state index contributed by atoms with van der Waals surface area (Å²) in [6.07, 6.45) is 6.44. The van der Waals surface area contributed by atoms with E-state index in [1.165, 1.54) is 32.1 Å². The first-order valence-electron chi connectivity index (χ1n) is 9.16. The molecular weight excluding hydrogens is 300 g/mol. The Labute approximate surface area is 143 Å². The number of nitrogens with one attached hydrogen (secondary N) is 1. The maximum absolute atomic E-state index is 12.9. The van der Waals surface area contributed by atoms with E-state index in [0.29, 0.717) is 11.8 Å². The van der Waals surface area contributed by atoms with Crippen molar-refractivity contribution in [2.24, 2.45) is 29.6 Å². The lowest BCUT2D eigenvalue weighted by Gasteiger charge is -2.53. The van der Waals surface area contributed by atoms with Crippen molar-refractivity contribution in [3.8, 4) is 0 Å². The van der Waals surface area contributed by atoms with Crippen LogP contribution in [0, 0.1) is 29.6 Å². The Morgan fingerprint density at radius 3 is 2.00 bits per heavy atom. The highest BCUT2D eigenvalue weighted by atomic mass is 16.2. The highest BCUT2D eigenvalue weighted by Crippen LogP contribution is 2.56. The number of benzene rings is 1. The van der Waals surface area contributed by atoms with Crippen LogP contribution in [0.4, 0.5) is 11.4 Å². The molecule has 0 aliphatic heterocycles. The van der Waals surface area contributed by atoms with Gasteiger partial charge in [0.25, 0.3) is 0 Å². The van der Waals surface area contributed by atoms with Crippen LogP contribution in [0.15, 0.2) is 24.3 Å². The third-order valence-electron chi connectivity index (χ3n) is 6.52. The minimum atomic E-state index is 0.000353. The molecule has 4 fully saturated rings. The number of amides is 2. The molecule has 4 saturated carbocycles. The lowest BCUT2D eigenvalue weighted by atomic mass is 9.51. The van der Waals surface area contributed by atoms with Gasteiger partial charge in [0.1, 0.15) is 0 Å². The molecule has 4 bridgehead atoms. The lowest BCUT2D eigenvalue weighted by Crippen LogP contribution is -2.49. The molecule has 0 aromatic heterocycles. The average molecular weight is 326 g/mol. The molecule has 128 valence electrons. The van der Waals surface area contributed by atoms with Crippen molar-refractivity contribution >= 4 is 23.2 Å². The second-order valence-electron chi connectivity index (χ2n) is 8.07. The zero-order chi connectivity index (χ0) is 16.8. The van der Waals surface area contributed by atoms with E-state index in [1.807, 2.05) is 24.3 Å². The molecule has 0 unspecified atom stereocenters. The molecular formula is C20H26N2O2. The van der Waals surface area contributed by atoms with Crippen molar-refractivity contribution in [3.63, 3.8) is 0 Å². The fourth-order valence-corrected chi connectivity index (χ4v) is 5.53. The molecule has 0 spiro atoms. The minimum Gasteiger partial charge on any atom is -0.326 e. The first-order chi connectivity index (χ1) is 11.5. The van der Waals surface area contributed by atoms with Crippen LogP contribution in [0.5, 0.6) is 0 Å². The van der Waals surface area contributed by atoms with Crippen LogP contribution in [0.2, 0.25) is 0 Å². The van der Waals surface area contributed by atoms with Crippen LogP contribution in [0.1, 0.15) is 39.0 Å². The van der Waals surface area contributed by atoms with E-state index >= 15 is 0 Å². The molecule has 0 heterocycles. The predicted octanol–water partition coefficient (Wildman–Crippen LogP) is 3.68. The van der Waals surface area contributed by atoms with Gasteiger partial charge in [-0.2, -0.15) is 0 Å². The second kappa shape index (κ2) is 5.91. The smallest absolute Gasteiger partial charge is 0.228 e. The second-order valence-corrected chi connectivity index (χ2v) is 8.07. The van der Waals surface area contributed by atoms with Gasteiger partial charge in [-0.15, -0.1) is 0 Å². The van der Waals surface area contributed by atoms with Gasteiger partial charge in [-0.1, -0.05) is 0 Å². The van der Waals surface area contributed by atoms with Gasteiger partial charge in [-0.25, -0.2) is 0 Å². The van der Waals surface area contributed by atoms with Crippen molar-refractivity contribution in [1.82, 2.24) is 0 Å². The van der Waals surface area contributed by atoms with Crippen molar-refractivity contribution in [1.29, 1.82) is 0 Å². The summed E-state index contributed by atoms with van der Waals surface area (Å²) in [4.78, 5) is 25.9. The topological polar surface area (TPSA) is 49.4 Å². The summed E-state index contributed by atoms with van der Waals surface area (Å²) in [5.74, 6) is 3.39. The standard InChI is InChI=1S/C20H26N2O2/c1-12(23)22(2)18-5-3-17(4-6-18)21-20(24)19-15-8-13-7-14(10-15)11-16(19)9-13/h3-6,13-16,19H,7-11H2,1-2H3,(H,21,24). The first-order valence-corrected chi connectivity index (χ1v) is 9.16. The van der Waals surface area contributed by atoms with Gasteiger partial charge in [-0.05, 0) is 80.0 Å². The fraction of sp³-hybridized carbons (Fsp3) is 0.600. The summed E-state index contributed by atoms with van der Waals surface area (Å²) in [7, 11) is 1.75. The van der Waals surface area contributed by atoms with Crippen LogP contribution in [0.25, 0.3) is 0 Å². The Morgan fingerprint density at radius 2 is 1.50 bits per heavy atom. The maximum atomic E-state index is 12.9. The van der Waals surface area contributed by atoms with Gasteiger partial charge in [0, 0.05) is 31.3 Å². The zero-order valence-corrected chi connectivity index (χ0v) is 14.5. The Balaban J connectivity index is 1.44. The monoisotopic (exact) mass is 326 g/mol. The normalized spacial score (nSPS) is 33.3. The van der Waals surface area contributed by atoms with E-state index < -0.39 is 0 Å². The minimum absolute atomic E-state index is 0.000353. The number of carbonyl (C=O) groups excluding carboxylic acids is 2. The largest absolute Gasteiger partial charge is 0.326 e. The van der Waals surface area contributed by atoms with E-state index in [-0.39, 0.29) is 17.7 Å². The fourth-order valence-electron chi connectivity index (χ4n) is 5.53. The molecule has 4 aliphatic carbocycles. The Hall–Kier alpha value is -1.84. The first kappa shape index (κ1) is 15.7.